The maximum atomic E-state index is 12.9. The van der Waals surface area contributed by atoms with Gasteiger partial charge in [0.25, 0.3) is 0 Å². The maximum Gasteiger partial charge on any atom is 0.339 e. The second kappa shape index (κ2) is 19.5. The number of hydrogen-bond donors (Lipinski definition) is 0. The molecule has 0 heterocycles. The molecule has 0 radical (unpaired) electrons. The van der Waals surface area contributed by atoms with E-state index in [0.29, 0.717) is 30.3 Å². The average Bonchev–Trinajstić information content (AvgIpc) is 2.81. The van der Waals surface area contributed by atoms with Crippen LogP contribution in [0, 0.1) is 5.92 Å². The van der Waals surface area contributed by atoms with Crippen molar-refractivity contribution in [2.45, 2.75) is 124 Å². The van der Waals surface area contributed by atoms with Crippen molar-refractivity contribution in [3.8, 4) is 0 Å². The molecule has 0 aromatic heterocycles. The SMILES string of the molecule is CCCCCCCCCOC(=O)c1ccc(CC(C)C)cc1C(=O)OCCCCCCCCC. The van der Waals surface area contributed by atoms with Crippen LogP contribution in [-0.4, -0.2) is 25.2 Å². The van der Waals surface area contributed by atoms with Crippen molar-refractivity contribution in [3.63, 3.8) is 0 Å². The van der Waals surface area contributed by atoms with Crippen LogP contribution in [0.3, 0.4) is 0 Å². The van der Waals surface area contributed by atoms with E-state index in [0.717, 1.165) is 37.7 Å². The van der Waals surface area contributed by atoms with Crippen molar-refractivity contribution in [1.29, 1.82) is 0 Å². The van der Waals surface area contributed by atoms with Gasteiger partial charge in [-0.2, -0.15) is 0 Å². The van der Waals surface area contributed by atoms with E-state index >= 15 is 0 Å². The van der Waals surface area contributed by atoms with Crippen LogP contribution >= 0.6 is 0 Å². The molecule has 0 unspecified atom stereocenters. The molecule has 0 N–H and O–H groups in total. The highest BCUT2D eigenvalue weighted by molar-refractivity contribution is 6.03. The van der Waals surface area contributed by atoms with Crippen LogP contribution in [0.4, 0.5) is 0 Å². The first kappa shape index (κ1) is 30.2. The molecule has 34 heavy (non-hydrogen) atoms. The molecular weight excluding hydrogens is 424 g/mol. The van der Waals surface area contributed by atoms with E-state index in [1.165, 1.54) is 64.2 Å². The fraction of sp³-hybridized carbons (Fsp3) is 0.733. The van der Waals surface area contributed by atoms with Crippen LogP contribution in [0.15, 0.2) is 18.2 Å². The van der Waals surface area contributed by atoms with Crippen LogP contribution in [-0.2, 0) is 15.9 Å². The molecule has 1 rings (SSSR count). The van der Waals surface area contributed by atoms with Crippen molar-refractivity contribution >= 4 is 11.9 Å². The number of carbonyl (C=O) groups excluding carboxylic acids is 2. The van der Waals surface area contributed by atoms with Gasteiger partial charge in [0.05, 0.1) is 24.3 Å². The molecule has 1 aromatic rings. The van der Waals surface area contributed by atoms with Gasteiger partial charge in [-0.15, -0.1) is 0 Å². The van der Waals surface area contributed by atoms with E-state index in [9.17, 15) is 9.59 Å². The second-order valence-corrected chi connectivity index (χ2v) is 9.99. The molecule has 0 aliphatic carbocycles. The summed E-state index contributed by atoms with van der Waals surface area (Å²) in [5, 5.41) is 0. The molecule has 0 saturated carbocycles. The topological polar surface area (TPSA) is 52.6 Å². The molecule has 0 aliphatic rings. The summed E-state index contributed by atoms with van der Waals surface area (Å²) < 4.78 is 11.1. The minimum atomic E-state index is -0.426. The van der Waals surface area contributed by atoms with Gasteiger partial charge in [-0.3, -0.25) is 0 Å². The van der Waals surface area contributed by atoms with Gasteiger partial charge >= 0.3 is 11.9 Å². The lowest BCUT2D eigenvalue weighted by atomic mass is 9.98. The number of unbranched alkanes of at least 4 members (excludes halogenated alkanes) is 12. The molecule has 0 bridgehead atoms. The van der Waals surface area contributed by atoms with Gasteiger partial charge in [0.2, 0.25) is 0 Å². The lowest BCUT2D eigenvalue weighted by molar-refractivity contribution is 0.0450. The summed E-state index contributed by atoms with van der Waals surface area (Å²) in [5.74, 6) is -0.379. The highest BCUT2D eigenvalue weighted by Crippen LogP contribution is 2.19. The Hall–Kier alpha value is -1.84. The zero-order valence-electron chi connectivity index (χ0n) is 22.5. The van der Waals surface area contributed by atoms with Gasteiger partial charge in [-0.05, 0) is 42.9 Å². The van der Waals surface area contributed by atoms with Crippen molar-refractivity contribution in [2.75, 3.05) is 13.2 Å². The Balaban J connectivity index is 2.57. The van der Waals surface area contributed by atoms with E-state index in [-0.39, 0.29) is 0 Å². The van der Waals surface area contributed by atoms with Crippen LogP contribution in [0.2, 0.25) is 0 Å². The van der Waals surface area contributed by atoms with Crippen molar-refractivity contribution < 1.29 is 19.1 Å². The Bertz CT molecular complexity index is 680. The Kier molecular flexibility index (Phi) is 17.3. The Morgan fingerprint density at radius 2 is 1.09 bits per heavy atom. The van der Waals surface area contributed by atoms with Crippen LogP contribution in [0.5, 0.6) is 0 Å². The zero-order chi connectivity index (χ0) is 25.0. The normalized spacial score (nSPS) is 11.1. The lowest BCUT2D eigenvalue weighted by Gasteiger charge is -2.13. The second-order valence-electron chi connectivity index (χ2n) is 9.99. The zero-order valence-corrected chi connectivity index (χ0v) is 22.5. The third kappa shape index (κ3) is 13.8. The Morgan fingerprint density at radius 1 is 0.647 bits per heavy atom. The van der Waals surface area contributed by atoms with Gasteiger partial charge in [0, 0.05) is 0 Å². The number of hydrogen-bond acceptors (Lipinski definition) is 4. The summed E-state index contributed by atoms with van der Waals surface area (Å²) in [4.78, 5) is 25.6. The van der Waals surface area contributed by atoms with Gasteiger partial charge in [0.15, 0.2) is 0 Å². The van der Waals surface area contributed by atoms with E-state index < -0.39 is 11.9 Å². The fourth-order valence-corrected chi connectivity index (χ4v) is 4.14. The van der Waals surface area contributed by atoms with Gasteiger partial charge in [-0.1, -0.05) is 111 Å². The average molecular weight is 475 g/mol. The molecule has 0 atom stereocenters. The first-order valence-corrected chi connectivity index (χ1v) is 14.0. The number of esters is 2. The summed E-state index contributed by atoms with van der Waals surface area (Å²) >= 11 is 0. The quantitative estimate of drug-likeness (QED) is 0.140. The molecule has 0 saturated heterocycles. The third-order valence-corrected chi connectivity index (χ3v) is 6.13. The molecule has 0 amide bonds. The number of benzene rings is 1. The van der Waals surface area contributed by atoms with Gasteiger partial charge in [0.1, 0.15) is 0 Å². The molecular formula is C30H50O4. The predicted molar refractivity (Wildman–Crippen MR) is 142 cm³/mol. The molecule has 1 aromatic carbocycles. The maximum absolute atomic E-state index is 12.9. The van der Waals surface area contributed by atoms with Crippen molar-refractivity contribution in [2.24, 2.45) is 5.92 Å². The smallest absolute Gasteiger partial charge is 0.339 e. The highest BCUT2D eigenvalue weighted by atomic mass is 16.5. The lowest BCUT2D eigenvalue weighted by Crippen LogP contribution is -2.16. The number of carbonyl (C=O) groups is 2. The minimum absolute atomic E-state index is 0.319. The van der Waals surface area contributed by atoms with Crippen molar-refractivity contribution in [3.05, 3.63) is 34.9 Å². The van der Waals surface area contributed by atoms with Gasteiger partial charge in [-0.25, -0.2) is 9.59 Å². The van der Waals surface area contributed by atoms with Gasteiger partial charge < -0.3 is 9.47 Å². The monoisotopic (exact) mass is 474 g/mol. The largest absolute Gasteiger partial charge is 0.462 e. The van der Waals surface area contributed by atoms with Crippen molar-refractivity contribution in [1.82, 2.24) is 0 Å². The molecule has 4 nitrogen and oxygen atoms in total. The summed E-state index contributed by atoms with van der Waals surface area (Å²) in [5.41, 5.74) is 1.70. The van der Waals surface area contributed by atoms with E-state index in [2.05, 4.69) is 27.7 Å². The standard InChI is InChI=1S/C30H50O4/c1-5-7-9-11-13-15-17-21-33-29(31)27-20-19-26(23-25(3)4)24-28(27)30(32)34-22-18-16-14-12-10-8-6-2/h19-20,24-25H,5-18,21-23H2,1-4H3. The minimum Gasteiger partial charge on any atom is -0.462 e. The molecule has 4 heteroatoms. The fourth-order valence-electron chi connectivity index (χ4n) is 4.14. The van der Waals surface area contributed by atoms with Crippen LogP contribution < -0.4 is 0 Å². The number of ether oxygens (including phenoxy) is 2. The molecule has 0 spiro atoms. The van der Waals surface area contributed by atoms with E-state index in [1.54, 1.807) is 6.07 Å². The summed E-state index contributed by atoms with van der Waals surface area (Å²) in [6.07, 6.45) is 17.2. The Morgan fingerprint density at radius 3 is 1.56 bits per heavy atom. The highest BCUT2D eigenvalue weighted by Gasteiger charge is 2.20. The van der Waals surface area contributed by atoms with E-state index in [1.807, 2.05) is 12.1 Å². The third-order valence-electron chi connectivity index (χ3n) is 6.13. The van der Waals surface area contributed by atoms with Crippen LogP contribution in [0.1, 0.15) is 144 Å². The predicted octanol–water partition coefficient (Wildman–Crippen LogP) is 8.70. The van der Waals surface area contributed by atoms with E-state index in [4.69, 9.17) is 9.47 Å². The van der Waals surface area contributed by atoms with Crippen LogP contribution in [0.25, 0.3) is 0 Å². The molecule has 0 fully saturated rings. The molecule has 194 valence electrons. The number of rotatable bonds is 20. The summed E-state index contributed by atoms with van der Waals surface area (Å²) in [7, 11) is 0. The summed E-state index contributed by atoms with van der Waals surface area (Å²) in [6.45, 7) is 9.51. The molecule has 0 aliphatic heterocycles. The first-order valence-electron chi connectivity index (χ1n) is 14.0. The summed E-state index contributed by atoms with van der Waals surface area (Å²) in [6, 6.07) is 5.48. The Labute approximate surface area is 209 Å². The first-order chi connectivity index (χ1) is 16.5.